The molecule has 1 atom stereocenters. The van der Waals surface area contributed by atoms with Crippen LogP contribution in [-0.4, -0.2) is 35.8 Å². The number of imidazole rings is 1. The average molecular weight is 301 g/mol. The van der Waals surface area contributed by atoms with Crippen molar-refractivity contribution in [3.63, 3.8) is 0 Å². The number of rotatable bonds is 7. The molecule has 8 heteroatoms. The van der Waals surface area contributed by atoms with Crippen LogP contribution in [0, 0.1) is 0 Å². The first kappa shape index (κ1) is 15.4. The van der Waals surface area contributed by atoms with E-state index in [1.807, 2.05) is 16.7 Å². The Morgan fingerprint density at radius 1 is 1.45 bits per heavy atom. The van der Waals surface area contributed by atoms with Crippen LogP contribution in [0.4, 0.5) is 0 Å². The lowest BCUT2D eigenvalue weighted by atomic mass is 10.1. The predicted octanol–water partition coefficient (Wildman–Crippen LogP) is 2.33. The highest BCUT2D eigenvalue weighted by Crippen LogP contribution is 2.22. The van der Waals surface area contributed by atoms with E-state index in [2.05, 4.69) is 19.7 Å². The SMILES string of the molecule is COC(=O)COc1ccc(C(CN=[N+]=[N-])n2ccnc2)cc1. The molecule has 1 aromatic carbocycles. The molecule has 1 aromatic heterocycles. The molecule has 0 amide bonds. The Morgan fingerprint density at radius 3 is 2.82 bits per heavy atom. The molecule has 0 aliphatic heterocycles. The molecule has 2 aromatic rings. The summed E-state index contributed by atoms with van der Waals surface area (Å²) in [5, 5.41) is 3.64. The van der Waals surface area contributed by atoms with Gasteiger partial charge in [0.15, 0.2) is 6.61 Å². The Hall–Kier alpha value is -2.99. The van der Waals surface area contributed by atoms with Gasteiger partial charge < -0.3 is 14.0 Å². The molecule has 0 aliphatic rings. The molecule has 1 unspecified atom stereocenters. The highest BCUT2D eigenvalue weighted by atomic mass is 16.6. The number of azide groups is 1. The molecule has 0 fully saturated rings. The quantitative estimate of drug-likeness (QED) is 0.339. The van der Waals surface area contributed by atoms with E-state index in [0.717, 1.165) is 5.56 Å². The standard InChI is InChI=1S/C14H15N5O3/c1-21-14(20)9-22-12-4-2-11(3-5-12)13(8-17-18-15)19-7-6-16-10-19/h2-7,10,13H,8-9H2,1H3. The highest BCUT2D eigenvalue weighted by Gasteiger charge is 2.12. The number of methoxy groups -OCH3 is 1. The van der Waals surface area contributed by atoms with E-state index in [1.54, 1.807) is 30.9 Å². The number of benzene rings is 1. The van der Waals surface area contributed by atoms with E-state index in [-0.39, 0.29) is 19.2 Å². The van der Waals surface area contributed by atoms with Gasteiger partial charge in [-0.05, 0) is 23.2 Å². The molecule has 0 saturated heterocycles. The first-order valence-electron chi connectivity index (χ1n) is 6.52. The lowest BCUT2D eigenvalue weighted by Crippen LogP contribution is -2.13. The van der Waals surface area contributed by atoms with Crippen molar-refractivity contribution in [2.24, 2.45) is 5.11 Å². The molecule has 0 aliphatic carbocycles. The molecule has 1 heterocycles. The Bertz CT molecular complexity index is 648. The zero-order valence-corrected chi connectivity index (χ0v) is 12.0. The summed E-state index contributed by atoms with van der Waals surface area (Å²) in [5.41, 5.74) is 9.46. The third-order valence-electron chi connectivity index (χ3n) is 3.05. The second-order valence-corrected chi connectivity index (χ2v) is 4.37. The van der Waals surface area contributed by atoms with Crippen LogP contribution in [0.1, 0.15) is 11.6 Å². The lowest BCUT2D eigenvalue weighted by Gasteiger charge is -2.17. The van der Waals surface area contributed by atoms with Gasteiger partial charge in [-0.25, -0.2) is 9.78 Å². The summed E-state index contributed by atoms with van der Waals surface area (Å²) in [6.45, 7) is 0.134. The summed E-state index contributed by atoms with van der Waals surface area (Å²) < 4.78 is 11.7. The van der Waals surface area contributed by atoms with Crippen molar-refractivity contribution in [1.82, 2.24) is 9.55 Å². The Labute approximate surface area is 126 Å². The summed E-state index contributed by atoms with van der Waals surface area (Å²) >= 11 is 0. The fourth-order valence-electron chi connectivity index (χ4n) is 1.93. The number of nitrogens with zero attached hydrogens (tertiary/aromatic N) is 5. The van der Waals surface area contributed by atoms with Crippen LogP contribution in [0.25, 0.3) is 10.4 Å². The van der Waals surface area contributed by atoms with E-state index in [1.165, 1.54) is 7.11 Å². The van der Waals surface area contributed by atoms with Gasteiger partial charge in [0, 0.05) is 17.3 Å². The molecule has 0 bridgehead atoms. The van der Waals surface area contributed by atoms with Crippen molar-refractivity contribution in [2.45, 2.75) is 6.04 Å². The van der Waals surface area contributed by atoms with Crippen molar-refractivity contribution in [3.8, 4) is 5.75 Å². The molecule has 114 valence electrons. The van der Waals surface area contributed by atoms with E-state index in [0.29, 0.717) is 5.75 Å². The molecule has 2 rings (SSSR count). The molecule has 8 nitrogen and oxygen atoms in total. The molecular formula is C14H15N5O3. The largest absolute Gasteiger partial charge is 0.482 e. The molecular weight excluding hydrogens is 286 g/mol. The average Bonchev–Trinajstić information content (AvgIpc) is 3.08. The maximum absolute atomic E-state index is 11.0. The topological polar surface area (TPSA) is 102 Å². The number of hydrogen-bond acceptors (Lipinski definition) is 5. The van der Waals surface area contributed by atoms with Gasteiger partial charge in [0.1, 0.15) is 5.75 Å². The van der Waals surface area contributed by atoms with Gasteiger partial charge in [-0.2, -0.15) is 0 Å². The number of esters is 1. The normalized spacial score (nSPS) is 11.3. The first-order chi connectivity index (χ1) is 10.7. The van der Waals surface area contributed by atoms with Gasteiger partial charge >= 0.3 is 5.97 Å². The smallest absolute Gasteiger partial charge is 0.343 e. The third-order valence-corrected chi connectivity index (χ3v) is 3.05. The van der Waals surface area contributed by atoms with Crippen LogP contribution in [0.3, 0.4) is 0 Å². The van der Waals surface area contributed by atoms with E-state index >= 15 is 0 Å². The summed E-state index contributed by atoms with van der Waals surface area (Å²) in [7, 11) is 1.31. The zero-order valence-electron chi connectivity index (χ0n) is 12.0. The van der Waals surface area contributed by atoms with Gasteiger partial charge in [0.25, 0.3) is 0 Å². The van der Waals surface area contributed by atoms with Crippen LogP contribution in [-0.2, 0) is 9.53 Å². The second-order valence-electron chi connectivity index (χ2n) is 4.37. The number of aromatic nitrogens is 2. The van der Waals surface area contributed by atoms with E-state index < -0.39 is 5.97 Å². The fourth-order valence-corrected chi connectivity index (χ4v) is 1.93. The Morgan fingerprint density at radius 2 is 2.23 bits per heavy atom. The summed E-state index contributed by atoms with van der Waals surface area (Å²) in [6.07, 6.45) is 5.13. The van der Waals surface area contributed by atoms with Gasteiger partial charge in [-0.15, -0.1) is 0 Å². The fraction of sp³-hybridized carbons (Fsp3) is 0.286. The highest BCUT2D eigenvalue weighted by molar-refractivity contribution is 5.70. The van der Waals surface area contributed by atoms with Crippen LogP contribution >= 0.6 is 0 Å². The van der Waals surface area contributed by atoms with Crippen molar-refractivity contribution >= 4 is 5.97 Å². The number of carbonyl (C=O) groups is 1. The summed E-state index contributed by atoms with van der Waals surface area (Å²) in [5.74, 6) is 0.117. The van der Waals surface area contributed by atoms with Crippen LogP contribution in [0.15, 0.2) is 48.1 Å². The van der Waals surface area contributed by atoms with E-state index in [9.17, 15) is 4.79 Å². The predicted molar refractivity (Wildman–Crippen MR) is 78.3 cm³/mol. The van der Waals surface area contributed by atoms with Crippen LogP contribution < -0.4 is 4.74 Å². The van der Waals surface area contributed by atoms with Crippen LogP contribution in [0.2, 0.25) is 0 Å². The first-order valence-corrected chi connectivity index (χ1v) is 6.52. The molecule has 0 saturated carbocycles. The number of ether oxygens (including phenoxy) is 2. The van der Waals surface area contributed by atoms with Crippen molar-refractivity contribution in [1.29, 1.82) is 0 Å². The molecule has 22 heavy (non-hydrogen) atoms. The maximum atomic E-state index is 11.0. The van der Waals surface area contributed by atoms with E-state index in [4.69, 9.17) is 10.3 Å². The number of carbonyl (C=O) groups excluding carboxylic acids is 1. The van der Waals surface area contributed by atoms with Gasteiger partial charge in [-0.3, -0.25) is 0 Å². The minimum atomic E-state index is -0.441. The Kier molecular flexibility index (Phi) is 5.39. The lowest BCUT2D eigenvalue weighted by molar-refractivity contribution is -0.142. The minimum Gasteiger partial charge on any atom is -0.482 e. The summed E-state index contributed by atoms with van der Waals surface area (Å²) in [4.78, 5) is 17.8. The number of hydrogen-bond donors (Lipinski definition) is 0. The molecule has 0 spiro atoms. The monoisotopic (exact) mass is 301 g/mol. The van der Waals surface area contributed by atoms with Crippen LogP contribution in [0.5, 0.6) is 5.75 Å². The maximum Gasteiger partial charge on any atom is 0.343 e. The molecule has 0 radical (unpaired) electrons. The third kappa shape index (κ3) is 4.00. The molecule has 0 N–H and O–H groups in total. The minimum absolute atomic E-state index is 0.139. The van der Waals surface area contributed by atoms with Crippen molar-refractivity contribution in [3.05, 3.63) is 59.0 Å². The zero-order chi connectivity index (χ0) is 15.8. The van der Waals surface area contributed by atoms with Gasteiger partial charge in [0.2, 0.25) is 0 Å². The second kappa shape index (κ2) is 7.70. The van der Waals surface area contributed by atoms with Gasteiger partial charge in [-0.1, -0.05) is 17.2 Å². The van der Waals surface area contributed by atoms with Gasteiger partial charge in [0.05, 0.1) is 26.0 Å². The van der Waals surface area contributed by atoms with Crippen molar-refractivity contribution < 1.29 is 14.3 Å². The Balaban J connectivity index is 2.12. The summed E-state index contributed by atoms with van der Waals surface area (Å²) in [6, 6.07) is 7.05. The van der Waals surface area contributed by atoms with Crippen molar-refractivity contribution in [2.75, 3.05) is 20.3 Å².